The number of carboxylic acid groups (broad SMARTS) is 1. The van der Waals surface area contributed by atoms with Gasteiger partial charge in [0.1, 0.15) is 18.4 Å². The van der Waals surface area contributed by atoms with E-state index in [1.54, 1.807) is 24.3 Å². The zero-order chi connectivity index (χ0) is 13.1. The Balaban J connectivity index is 1.95. The summed E-state index contributed by atoms with van der Waals surface area (Å²) in [7, 11) is 0. The molecule has 6 nitrogen and oxygen atoms in total. The molecule has 1 fully saturated rings. The number of para-hydroxylation sites is 1. The van der Waals surface area contributed by atoms with E-state index in [9.17, 15) is 9.59 Å². The molecule has 1 aliphatic rings. The van der Waals surface area contributed by atoms with Gasteiger partial charge in [0.05, 0.1) is 0 Å². The number of aliphatic carboxylic acids is 1. The van der Waals surface area contributed by atoms with E-state index in [0.29, 0.717) is 5.75 Å². The fourth-order valence-electron chi connectivity index (χ4n) is 1.71. The van der Waals surface area contributed by atoms with Gasteiger partial charge in [-0.2, -0.15) is 0 Å². The highest BCUT2D eigenvalue weighted by molar-refractivity contribution is 5.96. The highest BCUT2D eigenvalue weighted by Crippen LogP contribution is 2.18. The molecule has 0 saturated carbocycles. The fourth-order valence-corrected chi connectivity index (χ4v) is 1.71. The van der Waals surface area contributed by atoms with Crippen LogP contribution in [0.25, 0.3) is 0 Å². The molecule has 1 heterocycles. The monoisotopic (exact) mass is 251 g/mol. The maximum atomic E-state index is 11.6. The molecular formula is C12H13NO5. The van der Waals surface area contributed by atoms with E-state index in [1.807, 2.05) is 6.07 Å². The average Bonchev–Trinajstić information content (AvgIpc) is 2.65. The van der Waals surface area contributed by atoms with Gasteiger partial charge in [0.25, 0.3) is 0 Å². The van der Waals surface area contributed by atoms with Gasteiger partial charge in [0.15, 0.2) is 18.0 Å². The molecule has 6 heteroatoms. The summed E-state index contributed by atoms with van der Waals surface area (Å²) >= 11 is 0. The average molecular weight is 251 g/mol. The zero-order valence-electron chi connectivity index (χ0n) is 9.48. The van der Waals surface area contributed by atoms with Crippen molar-refractivity contribution in [1.82, 2.24) is 0 Å². The van der Waals surface area contributed by atoms with Crippen molar-refractivity contribution >= 4 is 11.8 Å². The minimum absolute atomic E-state index is 0.0413. The smallest absolute Gasteiger partial charge is 0.334 e. The van der Waals surface area contributed by atoms with Crippen molar-refractivity contribution in [2.75, 3.05) is 6.61 Å². The number of ketones is 1. The lowest BCUT2D eigenvalue weighted by atomic mass is 10.1. The van der Waals surface area contributed by atoms with Crippen molar-refractivity contribution in [3.63, 3.8) is 0 Å². The van der Waals surface area contributed by atoms with Crippen molar-refractivity contribution in [1.29, 1.82) is 0 Å². The van der Waals surface area contributed by atoms with Crippen LogP contribution in [-0.2, 0) is 14.3 Å². The van der Waals surface area contributed by atoms with Crippen LogP contribution in [0.4, 0.5) is 0 Å². The highest BCUT2D eigenvalue weighted by atomic mass is 16.6. The van der Waals surface area contributed by atoms with Gasteiger partial charge in [-0.3, -0.25) is 4.79 Å². The Morgan fingerprint density at radius 1 is 1.39 bits per heavy atom. The SMILES string of the molecule is NC1C(=O)C(COc2ccccc2)OC1C(=O)O. The molecule has 2 rings (SSSR count). The molecule has 0 aromatic heterocycles. The van der Waals surface area contributed by atoms with E-state index in [1.165, 1.54) is 0 Å². The molecule has 0 spiro atoms. The number of hydrogen-bond acceptors (Lipinski definition) is 5. The van der Waals surface area contributed by atoms with Gasteiger partial charge in [-0.25, -0.2) is 4.79 Å². The van der Waals surface area contributed by atoms with Gasteiger partial charge >= 0.3 is 5.97 Å². The molecule has 3 atom stereocenters. The number of hydrogen-bond donors (Lipinski definition) is 2. The second-order valence-electron chi connectivity index (χ2n) is 3.94. The predicted octanol–water partition coefficient (Wildman–Crippen LogP) is -0.186. The largest absolute Gasteiger partial charge is 0.490 e. The van der Waals surface area contributed by atoms with Crippen LogP contribution < -0.4 is 10.5 Å². The highest BCUT2D eigenvalue weighted by Gasteiger charge is 2.45. The summed E-state index contributed by atoms with van der Waals surface area (Å²) < 4.78 is 10.4. The first kappa shape index (κ1) is 12.5. The molecule has 0 bridgehead atoms. The molecule has 1 aromatic rings. The normalized spacial score (nSPS) is 27.2. The number of nitrogens with two attached hydrogens (primary N) is 1. The molecule has 3 unspecified atom stereocenters. The Morgan fingerprint density at radius 3 is 2.61 bits per heavy atom. The van der Waals surface area contributed by atoms with E-state index in [2.05, 4.69) is 0 Å². The Kier molecular flexibility index (Phi) is 3.59. The van der Waals surface area contributed by atoms with Crippen LogP contribution in [0.1, 0.15) is 0 Å². The van der Waals surface area contributed by atoms with Crippen LogP contribution in [-0.4, -0.2) is 41.7 Å². The number of rotatable bonds is 4. The zero-order valence-corrected chi connectivity index (χ0v) is 9.48. The molecule has 1 aromatic carbocycles. The summed E-state index contributed by atoms with van der Waals surface area (Å²) in [6.07, 6.45) is -2.22. The maximum Gasteiger partial charge on any atom is 0.334 e. The molecule has 0 amide bonds. The Morgan fingerprint density at radius 2 is 2.06 bits per heavy atom. The van der Waals surface area contributed by atoms with Crippen molar-refractivity contribution in [2.24, 2.45) is 5.73 Å². The topological polar surface area (TPSA) is 98.9 Å². The number of benzene rings is 1. The molecule has 1 saturated heterocycles. The third-order valence-corrected chi connectivity index (χ3v) is 2.67. The third kappa shape index (κ3) is 2.49. The molecule has 0 aliphatic carbocycles. The van der Waals surface area contributed by atoms with E-state index in [4.69, 9.17) is 20.3 Å². The van der Waals surface area contributed by atoms with Crippen LogP contribution in [0.15, 0.2) is 30.3 Å². The standard InChI is InChI=1S/C12H13NO5/c13-9-10(14)8(18-11(9)12(15)16)6-17-7-4-2-1-3-5-7/h1-5,8-9,11H,6,13H2,(H,15,16). The van der Waals surface area contributed by atoms with E-state index in [0.717, 1.165) is 0 Å². The summed E-state index contributed by atoms with van der Waals surface area (Å²) in [5.74, 6) is -1.10. The van der Waals surface area contributed by atoms with Crippen LogP contribution in [0, 0.1) is 0 Å². The first-order chi connectivity index (χ1) is 8.59. The Labute approximate surface area is 103 Å². The van der Waals surface area contributed by atoms with Crippen LogP contribution >= 0.6 is 0 Å². The summed E-state index contributed by atoms with van der Waals surface area (Å²) in [6.45, 7) is -0.0413. The van der Waals surface area contributed by atoms with Gasteiger partial charge in [-0.15, -0.1) is 0 Å². The molecule has 96 valence electrons. The number of Topliss-reactive ketones (excluding diaryl/α,β-unsaturated/α-hetero) is 1. The molecule has 1 aliphatic heterocycles. The number of carboxylic acids is 1. The maximum absolute atomic E-state index is 11.6. The number of carbonyl (C=O) groups excluding carboxylic acids is 1. The Hall–Kier alpha value is -1.92. The minimum atomic E-state index is -1.29. The summed E-state index contributed by atoms with van der Waals surface area (Å²) in [6, 6.07) is 7.74. The second-order valence-corrected chi connectivity index (χ2v) is 3.94. The Bertz CT molecular complexity index is 447. The van der Waals surface area contributed by atoms with Gasteiger partial charge in [-0.05, 0) is 12.1 Å². The molecule has 18 heavy (non-hydrogen) atoms. The lowest BCUT2D eigenvalue weighted by Crippen LogP contribution is -2.41. The predicted molar refractivity (Wildman–Crippen MR) is 61.2 cm³/mol. The third-order valence-electron chi connectivity index (χ3n) is 2.67. The first-order valence-electron chi connectivity index (χ1n) is 5.45. The van der Waals surface area contributed by atoms with Gasteiger partial charge in [-0.1, -0.05) is 18.2 Å². The van der Waals surface area contributed by atoms with Crippen molar-refractivity contribution in [2.45, 2.75) is 18.2 Å². The quantitative estimate of drug-likeness (QED) is 0.769. The van der Waals surface area contributed by atoms with E-state index in [-0.39, 0.29) is 6.61 Å². The first-order valence-corrected chi connectivity index (χ1v) is 5.45. The van der Waals surface area contributed by atoms with Crippen molar-refractivity contribution < 1.29 is 24.2 Å². The van der Waals surface area contributed by atoms with Crippen LogP contribution in [0.3, 0.4) is 0 Å². The number of carbonyl (C=O) groups is 2. The lowest BCUT2D eigenvalue weighted by Gasteiger charge is -2.11. The molecular weight excluding hydrogens is 238 g/mol. The van der Waals surface area contributed by atoms with Crippen molar-refractivity contribution in [3.05, 3.63) is 30.3 Å². The summed E-state index contributed by atoms with van der Waals surface area (Å²) in [5, 5.41) is 8.81. The van der Waals surface area contributed by atoms with Gasteiger partial charge in [0.2, 0.25) is 0 Å². The summed E-state index contributed by atoms with van der Waals surface area (Å²) in [4.78, 5) is 22.4. The lowest BCUT2D eigenvalue weighted by molar-refractivity contribution is -0.150. The molecule has 0 radical (unpaired) electrons. The van der Waals surface area contributed by atoms with Crippen LogP contribution in [0.2, 0.25) is 0 Å². The second kappa shape index (κ2) is 5.16. The van der Waals surface area contributed by atoms with Crippen molar-refractivity contribution in [3.8, 4) is 5.75 Å². The molecule has 3 N–H and O–H groups in total. The van der Waals surface area contributed by atoms with E-state index >= 15 is 0 Å². The van der Waals surface area contributed by atoms with Gasteiger partial charge in [0, 0.05) is 0 Å². The minimum Gasteiger partial charge on any atom is -0.490 e. The van der Waals surface area contributed by atoms with Gasteiger partial charge < -0.3 is 20.3 Å². The summed E-state index contributed by atoms with van der Waals surface area (Å²) in [5.41, 5.74) is 5.47. The number of ether oxygens (including phenoxy) is 2. The van der Waals surface area contributed by atoms with Crippen LogP contribution in [0.5, 0.6) is 5.75 Å². The fraction of sp³-hybridized carbons (Fsp3) is 0.333. The van der Waals surface area contributed by atoms with E-state index < -0.39 is 30.0 Å².